The van der Waals surface area contributed by atoms with E-state index in [2.05, 4.69) is 26.5 Å². The lowest BCUT2D eigenvalue weighted by Crippen LogP contribution is -1.92. The molecule has 0 aromatic heterocycles. The zero-order chi connectivity index (χ0) is 9.84. The summed E-state index contributed by atoms with van der Waals surface area (Å²) >= 11 is 0. The Balaban J connectivity index is 3.25. The zero-order valence-electron chi connectivity index (χ0n) is 8.04. The van der Waals surface area contributed by atoms with Crippen LogP contribution >= 0.6 is 0 Å². The fraction of sp³-hybridized carbons (Fsp3) is 0.250. The van der Waals surface area contributed by atoms with Crippen LogP contribution < -0.4 is 0 Å². The fourth-order valence-electron chi connectivity index (χ4n) is 1.30. The molecule has 0 aliphatic heterocycles. The maximum absolute atomic E-state index is 8.90. The Bertz CT molecular complexity index is 356. The number of rotatable bonds is 2. The second-order valence-electron chi connectivity index (χ2n) is 3.32. The van der Waals surface area contributed by atoms with Crippen LogP contribution in [0.4, 0.5) is 0 Å². The van der Waals surface area contributed by atoms with Crippen LogP contribution in [-0.4, -0.2) is 0 Å². The van der Waals surface area contributed by atoms with E-state index in [9.17, 15) is 0 Å². The summed E-state index contributed by atoms with van der Waals surface area (Å²) in [7, 11) is 0. The third-order valence-electron chi connectivity index (χ3n) is 2.06. The van der Waals surface area contributed by atoms with Crippen molar-refractivity contribution in [2.75, 3.05) is 0 Å². The lowest BCUT2D eigenvalue weighted by Gasteiger charge is -2.07. The molecule has 0 radical (unpaired) electrons. The van der Waals surface area contributed by atoms with Gasteiger partial charge in [-0.15, -0.1) is 0 Å². The number of nitrogens with zero attached hydrogens (tertiary/aromatic N) is 1. The molecule has 0 saturated heterocycles. The van der Waals surface area contributed by atoms with Gasteiger partial charge in [-0.25, -0.2) is 0 Å². The summed E-state index contributed by atoms with van der Waals surface area (Å²) in [5, 5.41) is 8.90. The molecule has 0 unspecified atom stereocenters. The first-order chi connectivity index (χ1) is 6.19. The molecule has 66 valence electrons. The van der Waals surface area contributed by atoms with Crippen LogP contribution in [0.2, 0.25) is 0 Å². The molecular formula is C12H13N. The highest BCUT2D eigenvalue weighted by atomic mass is 14.2. The molecule has 0 heterocycles. The first kappa shape index (κ1) is 9.54. The third kappa shape index (κ3) is 1.97. The van der Waals surface area contributed by atoms with E-state index in [1.807, 2.05) is 18.2 Å². The van der Waals surface area contributed by atoms with Gasteiger partial charge in [0.1, 0.15) is 0 Å². The Kier molecular flexibility index (Phi) is 2.87. The number of hydrogen-bond acceptors (Lipinski definition) is 1. The first-order valence-corrected chi connectivity index (χ1v) is 4.35. The molecular weight excluding hydrogens is 158 g/mol. The van der Waals surface area contributed by atoms with Crippen LogP contribution in [0.25, 0.3) is 6.08 Å². The van der Waals surface area contributed by atoms with Gasteiger partial charge in [0.25, 0.3) is 0 Å². The molecule has 0 saturated carbocycles. The van der Waals surface area contributed by atoms with Crippen LogP contribution in [0, 0.1) is 11.3 Å². The van der Waals surface area contributed by atoms with Gasteiger partial charge in [0.05, 0.1) is 11.6 Å². The van der Waals surface area contributed by atoms with Crippen molar-refractivity contribution in [3.05, 3.63) is 41.5 Å². The minimum atomic E-state index is 0.397. The molecule has 1 heteroatoms. The maximum atomic E-state index is 8.90. The van der Waals surface area contributed by atoms with Crippen molar-refractivity contribution in [1.29, 1.82) is 5.26 Å². The van der Waals surface area contributed by atoms with Gasteiger partial charge in [-0.3, -0.25) is 0 Å². The van der Waals surface area contributed by atoms with Gasteiger partial charge < -0.3 is 0 Å². The highest BCUT2D eigenvalue weighted by molar-refractivity contribution is 5.53. The lowest BCUT2D eigenvalue weighted by molar-refractivity contribution is 0.862. The van der Waals surface area contributed by atoms with E-state index in [0.29, 0.717) is 5.92 Å². The van der Waals surface area contributed by atoms with Gasteiger partial charge in [0.2, 0.25) is 0 Å². The summed E-state index contributed by atoms with van der Waals surface area (Å²) in [5.74, 6) is 0.397. The normalized spacial score (nSPS) is 9.69. The molecule has 1 nitrogen and oxygen atoms in total. The number of nitriles is 1. The predicted molar refractivity (Wildman–Crippen MR) is 55.3 cm³/mol. The summed E-state index contributed by atoms with van der Waals surface area (Å²) in [6, 6.07) is 8.07. The number of hydrogen-bond donors (Lipinski definition) is 0. The van der Waals surface area contributed by atoms with Crippen molar-refractivity contribution in [1.82, 2.24) is 0 Å². The molecule has 0 fully saturated rings. The molecule has 1 aromatic carbocycles. The Morgan fingerprint density at radius 1 is 1.46 bits per heavy atom. The second-order valence-corrected chi connectivity index (χ2v) is 3.32. The second kappa shape index (κ2) is 3.91. The molecule has 1 aromatic rings. The summed E-state index contributed by atoms with van der Waals surface area (Å²) in [6.07, 6.45) is 1.75. The average Bonchev–Trinajstić information content (AvgIpc) is 2.16. The minimum absolute atomic E-state index is 0.397. The lowest BCUT2D eigenvalue weighted by atomic mass is 9.96. The molecule has 0 amide bonds. The number of benzene rings is 1. The van der Waals surface area contributed by atoms with Crippen molar-refractivity contribution in [2.24, 2.45) is 0 Å². The predicted octanol–water partition coefficient (Wildman–Crippen LogP) is 3.32. The van der Waals surface area contributed by atoms with E-state index in [0.717, 1.165) is 16.7 Å². The van der Waals surface area contributed by atoms with Gasteiger partial charge in [-0.2, -0.15) is 5.26 Å². The summed E-state index contributed by atoms with van der Waals surface area (Å²) in [4.78, 5) is 0. The molecule has 0 atom stereocenters. The van der Waals surface area contributed by atoms with Crippen molar-refractivity contribution < 1.29 is 0 Å². The van der Waals surface area contributed by atoms with E-state index >= 15 is 0 Å². The Labute approximate surface area is 79.3 Å². The van der Waals surface area contributed by atoms with Crippen LogP contribution in [-0.2, 0) is 0 Å². The average molecular weight is 171 g/mol. The van der Waals surface area contributed by atoms with Gasteiger partial charge in [0, 0.05) is 0 Å². The van der Waals surface area contributed by atoms with Crippen molar-refractivity contribution in [3.8, 4) is 6.07 Å². The zero-order valence-corrected chi connectivity index (χ0v) is 8.04. The molecule has 0 N–H and O–H groups in total. The monoisotopic (exact) mass is 171 g/mol. The fourth-order valence-corrected chi connectivity index (χ4v) is 1.30. The van der Waals surface area contributed by atoms with Gasteiger partial charge in [-0.1, -0.05) is 38.6 Å². The molecule has 0 aliphatic rings. The van der Waals surface area contributed by atoms with E-state index in [-0.39, 0.29) is 0 Å². The maximum Gasteiger partial charge on any atom is 0.0994 e. The quantitative estimate of drug-likeness (QED) is 0.669. The molecule has 0 bridgehead atoms. The smallest absolute Gasteiger partial charge is 0.0994 e. The highest BCUT2D eigenvalue weighted by Gasteiger charge is 2.05. The standard InChI is InChI=1S/C12H13N/c1-4-10-5-6-12(9(2)3)11(7-10)8-13/h4-7,9H,1H2,2-3H3. The molecule has 0 aliphatic carbocycles. The van der Waals surface area contributed by atoms with Gasteiger partial charge in [-0.05, 0) is 23.1 Å². The van der Waals surface area contributed by atoms with E-state index < -0.39 is 0 Å². The Morgan fingerprint density at radius 2 is 2.15 bits per heavy atom. The van der Waals surface area contributed by atoms with Gasteiger partial charge >= 0.3 is 0 Å². The summed E-state index contributed by atoms with van der Waals surface area (Å²) in [5.41, 5.74) is 2.86. The van der Waals surface area contributed by atoms with Crippen LogP contribution in [0.5, 0.6) is 0 Å². The van der Waals surface area contributed by atoms with Crippen LogP contribution in [0.15, 0.2) is 24.8 Å². The Morgan fingerprint density at radius 3 is 2.62 bits per heavy atom. The SMILES string of the molecule is C=Cc1ccc(C(C)C)c(C#N)c1. The third-order valence-corrected chi connectivity index (χ3v) is 2.06. The molecule has 0 spiro atoms. The topological polar surface area (TPSA) is 23.8 Å². The molecule has 13 heavy (non-hydrogen) atoms. The van der Waals surface area contributed by atoms with E-state index in [1.165, 1.54) is 0 Å². The van der Waals surface area contributed by atoms with Crippen LogP contribution in [0.1, 0.15) is 36.5 Å². The van der Waals surface area contributed by atoms with Crippen molar-refractivity contribution >= 4 is 6.08 Å². The molecule has 1 rings (SSSR count). The van der Waals surface area contributed by atoms with Crippen molar-refractivity contribution in [2.45, 2.75) is 19.8 Å². The highest BCUT2D eigenvalue weighted by Crippen LogP contribution is 2.20. The van der Waals surface area contributed by atoms with E-state index in [4.69, 9.17) is 5.26 Å². The first-order valence-electron chi connectivity index (χ1n) is 4.35. The minimum Gasteiger partial charge on any atom is -0.192 e. The van der Waals surface area contributed by atoms with Crippen molar-refractivity contribution in [3.63, 3.8) is 0 Å². The summed E-state index contributed by atoms with van der Waals surface area (Å²) < 4.78 is 0. The van der Waals surface area contributed by atoms with E-state index in [1.54, 1.807) is 6.08 Å². The largest absolute Gasteiger partial charge is 0.192 e. The summed E-state index contributed by atoms with van der Waals surface area (Å²) in [6.45, 7) is 7.85. The van der Waals surface area contributed by atoms with Gasteiger partial charge in [0.15, 0.2) is 0 Å². The Hall–Kier alpha value is -1.55. The van der Waals surface area contributed by atoms with Crippen LogP contribution in [0.3, 0.4) is 0 Å².